The molecule has 142 valence electrons. The fourth-order valence-electron chi connectivity index (χ4n) is 3.45. The van der Waals surface area contributed by atoms with Gasteiger partial charge in [0.15, 0.2) is 5.91 Å². The van der Waals surface area contributed by atoms with Crippen LogP contribution in [0.5, 0.6) is 0 Å². The Hall–Kier alpha value is -0.298. The van der Waals surface area contributed by atoms with E-state index in [0.717, 1.165) is 39.8 Å². The number of carbonyl (C=O) groups excluding carboxylic acids is 1. The summed E-state index contributed by atoms with van der Waals surface area (Å²) in [5.74, 6) is 2.26. The first-order chi connectivity index (χ1) is 11.7. The van der Waals surface area contributed by atoms with E-state index in [0.29, 0.717) is 0 Å². The third-order valence-corrected chi connectivity index (χ3v) is 5.93. The first kappa shape index (κ1) is 27.9. The van der Waals surface area contributed by atoms with Crippen LogP contribution in [-0.4, -0.2) is 12.6 Å². The summed E-state index contributed by atoms with van der Waals surface area (Å²) < 4.78 is 1.00. The molecule has 0 aliphatic carbocycles. The second kappa shape index (κ2) is 14.7. The zero-order valence-corrected chi connectivity index (χ0v) is 19.7. The molecule has 1 rings (SSSR count). The zero-order chi connectivity index (χ0) is 19.6. The number of amides is 1. The fourth-order valence-corrected chi connectivity index (χ4v) is 3.93. The van der Waals surface area contributed by atoms with E-state index in [1.807, 2.05) is 25.1 Å². The Balaban J connectivity index is 0. The number of hydrogen-bond donors (Lipinski definition) is 1. The minimum atomic E-state index is -0.416. The van der Waals surface area contributed by atoms with Crippen molar-refractivity contribution in [1.29, 1.82) is 0 Å². The smallest absolute Gasteiger partial charge is 0.377 e. The fraction of sp³-hybridized carbons (Fsp3) is 0.619. The van der Waals surface area contributed by atoms with Crippen LogP contribution in [0.25, 0.3) is 0 Å². The van der Waals surface area contributed by atoms with Gasteiger partial charge in [-0.2, -0.15) is 17.2 Å². The van der Waals surface area contributed by atoms with Crippen LogP contribution in [0.4, 0.5) is 0 Å². The normalized spacial score (nSPS) is 13.4. The maximum absolute atomic E-state index is 10.6. The molecule has 0 spiro atoms. The molecular weight excluding hydrogens is 380 g/mol. The molecule has 0 fully saturated rings. The number of halogens is 1. The Morgan fingerprint density at radius 1 is 1.08 bits per heavy atom. The topological polar surface area (TPSA) is 43.1 Å². The van der Waals surface area contributed by atoms with Crippen molar-refractivity contribution in [3.05, 3.63) is 40.2 Å². The second-order valence-corrected chi connectivity index (χ2v) is 8.20. The molecule has 3 atom stereocenters. The average molecular weight is 416 g/mol. The molecule has 0 heterocycles. The van der Waals surface area contributed by atoms with Crippen molar-refractivity contribution in [2.75, 3.05) is 0 Å². The van der Waals surface area contributed by atoms with Crippen LogP contribution in [0.15, 0.2) is 22.7 Å². The largest absolute Gasteiger partial charge is 1.00 e. The summed E-state index contributed by atoms with van der Waals surface area (Å²) in [6.07, 6.45) is 5.42. The van der Waals surface area contributed by atoms with E-state index in [2.05, 4.69) is 57.5 Å². The monoisotopic (exact) mass is 415 g/mol. The van der Waals surface area contributed by atoms with Crippen LogP contribution in [0, 0.1) is 13.3 Å². The molecular formula is C21H36BBrLiNO. The number of primary amides is 1. The molecule has 0 aliphatic rings. The van der Waals surface area contributed by atoms with Gasteiger partial charge in [-0.25, -0.2) is 0 Å². The van der Waals surface area contributed by atoms with Gasteiger partial charge < -0.3 is 5.73 Å². The van der Waals surface area contributed by atoms with Gasteiger partial charge >= 0.3 is 18.9 Å². The number of benzene rings is 1. The standard InChI is InChI=1S/C12H27B.C9H9BrNO.Li/c1-7-10(4)13(11(5)8-2)12(6)9-3;1-6-4-8(10)3-2-7(6)5-9(11)12;/h10-12H,7-9H2,1-6H3;2-5H,1H3,(H2,11,12);/q;-1;+1. The van der Waals surface area contributed by atoms with Gasteiger partial charge in [-0.3, -0.25) is 4.79 Å². The summed E-state index contributed by atoms with van der Waals surface area (Å²) in [4.78, 5) is 10.6. The number of hydrogen-bond acceptors (Lipinski definition) is 1. The van der Waals surface area contributed by atoms with Gasteiger partial charge in [-0.1, -0.05) is 108 Å². The number of aryl methyl sites for hydroxylation is 1. The minimum absolute atomic E-state index is 0. The Kier molecular flexibility index (Phi) is 15.8. The van der Waals surface area contributed by atoms with Crippen molar-refractivity contribution in [1.82, 2.24) is 0 Å². The Morgan fingerprint density at radius 3 is 1.81 bits per heavy atom. The van der Waals surface area contributed by atoms with Gasteiger partial charge in [0, 0.05) is 0 Å². The minimum Gasteiger partial charge on any atom is -0.377 e. The number of rotatable bonds is 8. The van der Waals surface area contributed by atoms with Crippen LogP contribution in [0.3, 0.4) is 0 Å². The van der Waals surface area contributed by atoms with Crippen molar-refractivity contribution >= 4 is 28.5 Å². The summed E-state index contributed by atoms with van der Waals surface area (Å²) in [5.41, 5.74) is 6.92. The Bertz CT molecular complexity index is 503. The second-order valence-electron chi connectivity index (χ2n) is 7.28. The molecule has 1 aromatic rings. The Morgan fingerprint density at radius 2 is 1.50 bits per heavy atom. The molecule has 0 bridgehead atoms. The van der Waals surface area contributed by atoms with E-state index >= 15 is 0 Å². The molecule has 3 unspecified atom stereocenters. The summed E-state index contributed by atoms with van der Waals surface area (Å²) in [5, 5.41) is 0. The zero-order valence-electron chi connectivity index (χ0n) is 18.1. The summed E-state index contributed by atoms with van der Waals surface area (Å²) >= 11 is 3.33. The van der Waals surface area contributed by atoms with Gasteiger partial charge in [0.05, 0.1) is 0 Å². The molecule has 0 saturated heterocycles. The number of nitrogens with two attached hydrogens (primary N) is 1. The maximum Gasteiger partial charge on any atom is 1.00 e. The van der Waals surface area contributed by atoms with E-state index in [1.165, 1.54) is 25.7 Å². The van der Waals surface area contributed by atoms with Gasteiger partial charge in [0.2, 0.25) is 0 Å². The summed E-state index contributed by atoms with van der Waals surface area (Å²) in [6.45, 7) is 17.1. The molecule has 0 radical (unpaired) electrons. The predicted octanol–water partition coefficient (Wildman–Crippen LogP) is 3.68. The van der Waals surface area contributed by atoms with Crippen LogP contribution in [0.1, 0.15) is 71.9 Å². The third-order valence-electron chi connectivity index (χ3n) is 5.43. The van der Waals surface area contributed by atoms with E-state index < -0.39 is 5.91 Å². The molecule has 0 aliphatic heterocycles. The quantitative estimate of drug-likeness (QED) is 0.510. The maximum atomic E-state index is 10.6. The van der Waals surface area contributed by atoms with Crippen molar-refractivity contribution in [3.63, 3.8) is 0 Å². The molecule has 2 nitrogen and oxygen atoms in total. The van der Waals surface area contributed by atoms with Crippen LogP contribution in [-0.2, 0) is 4.79 Å². The van der Waals surface area contributed by atoms with Gasteiger partial charge in [-0.05, 0) is 4.47 Å². The summed E-state index contributed by atoms with van der Waals surface area (Å²) in [6, 6.07) is 5.67. The Labute approximate surface area is 182 Å². The van der Waals surface area contributed by atoms with E-state index in [1.54, 1.807) is 0 Å². The molecule has 0 aromatic heterocycles. The molecule has 1 aromatic carbocycles. The average Bonchev–Trinajstić information content (AvgIpc) is 2.57. The van der Waals surface area contributed by atoms with Gasteiger partial charge in [0.1, 0.15) is 6.71 Å². The van der Waals surface area contributed by atoms with Crippen LogP contribution in [0.2, 0.25) is 17.5 Å². The van der Waals surface area contributed by atoms with Crippen LogP contribution >= 0.6 is 15.9 Å². The molecule has 0 saturated carbocycles. The van der Waals surface area contributed by atoms with Crippen molar-refractivity contribution in [2.45, 2.75) is 85.2 Å². The first-order valence-electron chi connectivity index (χ1n) is 9.58. The first-order valence-corrected chi connectivity index (χ1v) is 10.4. The van der Waals surface area contributed by atoms with Gasteiger partial charge in [-0.15, -0.1) is 12.1 Å². The van der Waals surface area contributed by atoms with Crippen LogP contribution < -0.4 is 24.6 Å². The predicted molar refractivity (Wildman–Crippen MR) is 116 cm³/mol. The number of carbonyl (C=O) groups is 1. The molecule has 26 heavy (non-hydrogen) atoms. The van der Waals surface area contributed by atoms with E-state index in [9.17, 15) is 4.79 Å². The van der Waals surface area contributed by atoms with Crippen molar-refractivity contribution < 1.29 is 23.7 Å². The molecule has 5 heteroatoms. The van der Waals surface area contributed by atoms with Crippen molar-refractivity contribution in [3.8, 4) is 0 Å². The third kappa shape index (κ3) is 10.1. The van der Waals surface area contributed by atoms with Gasteiger partial charge in [0.25, 0.3) is 0 Å². The molecule has 2 N–H and O–H groups in total. The van der Waals surface area contributed by atoms with Crippen molar-refractivity contribution in [2.24, 2.45) is 5.73 Å². The SMILES string of the molecule is CCC(C)B(C(C)CC)C(C)CC.Cc1cc(Br)ccc1[CH-]C(N)=O.[Li+]. The van der Waals surface area contributed by atoms with E-state index in [4.69, 9.17) is 5.73 Å². The summed E-state index contributed by atoms with van der Waals surface area (Å²) in [7, 11) is 0. The van der Waals surface area contributed by atoms with E-state index in [-0.39, 0.29) is 18.9 Å². The molecule has 1 amide bonds.